The molecule has 1 aliphatic rings. The lowest BCUT2D eigenvalue weighted by Gasteiger charge is -2.12. The molecule has 1 aromatic heterocycles. The minimum Gasteiger partial charge on any atom is -0.478 e. The summed E-state index contributed by atoms with van der Waals surface area (Å²) in [5.74, 6) is -0.405. The molecule has 0 radical (unpaired) electrons. The predicted molar refractivity (Wildman–Crippen MR) is 95.1 cm³/mol. The quantitative estimate of drug-likeness (QED) is 0.839. The van der Waals surface area contributed by atoms with Crippen molar-refractivity contribution in [3.63, 3.8) is 0 Å². The number of hydrogen-bond acceptors (Lipinski definition) is 3. The summed E-state index contributed by atoms with van der Waals surface area (Å²) in [6.45, 7) is 6.87. The third-order valence-electron chi connectivity index (χ3n) is 4.36. The van der Waals surface area contributed by atoms with Crippen molar-refractivity contribution in [1.29, 1.82) is 0 Å². The molecule has 0 bridgehead atoms. The summed E-state index contributed by atoms with van der Waals surface area (Å²) >= 11 is 0. The van der Waals surface area contributed by atoms with Gasteiger partial charge in [0.15, 0.2) is 0 Å². The van der Waals surface area contributed by atoms with Crippen LogP contribution in [0.25, 0.3) is 0 Å². The van der Waals surface area contributed by atoms with Crippen LogP contribution in [0.5, 0.6) is 0 Å². The van der Waals surface area contributed by atoms with E-state index in [2.05, 4.69) is 24.3 Å². The Labute approximate surface area is 146 Å². The first-order chi connectivity index (χ1) is 11.9. The van der Waals surface area contributed by atoms with Crippen molar-refractivity contribution >= 4 is 17.6 Å². The van der Waals surface area contributed by atoms with Crippen LogP contribution in [0.1, 0.15) is 64.6 Å². The molecular formula is C19H23N3O3. The molecule has 1 aromatic carbocycles. The van der Waals surface area contributed by atoms with Crippen LogP contribution in [0, 0.1) is 12.8 Å². The molecule has 0 unspecified atom stereocenters. The minimum absolute atomic E-state index is 0.152. The van der Waals surface area contributed by atoms with Crippen LogP contribution < -0.4 is 5.32 Å². The Bertz CT molecular complexity index is 819. The number of aromatic carboxylic acids is 1. The van der Waals surface area contributed by atoms with Crippen LogP contribution in [-0.2, 0) is 6.54 Å². The number of nitrogens with zero attached hydrogens (tertiary/aromatic N) is 2. The topological polar surface area (TPSA) is 84.2 Å². The third-order valence-corrected chi connectivity index (χ3v) is 4.36. The zero-order valence-electron chi connectivity index (χ0n) is 14.7. The molecule has 0 aliphatic heterocycles. The average molecular weight is 341 g/mol. The van der Waals surface area contributed by atoms with Gasteiger partial charge in [0.1, 0.15) is 0 Å². The molecule has 3 rings (SSSR count). The number of benzene rings is 1. The Hall–Kier alpha value is -2.63. The lowest BCUT2D eigenvalue weighted by Crippen LogP contribution is -2.16. The average Bonchev–Trinajstić information content (AvgIpc) is 3.29. The van der Waals surface area contributed by atoms with Crippen LogP contribution in [0.15, 0.2) is 24.4 Å². The van der Waals surface area contributed by atoms with Gasteiger partial charge >= 0.3 is 5.97 Å². The normalized spacial score (nSPS) is 13.9. The van der Waals surface area contributed by atoms with Crippen LogP contribution in [0.2, 0.25) is 0 Å². The van der Waals surface area contributed by atoms with E-state index in [1.807, 2.05) is 11.6 Å². The fraction of sp³-hybridized carbons (Fsp3) is 0.421. The lowest BCUT2D eigenvalue weighted by atomic mass is 10.1. The molecule has 1 aliphatic carbocycles. The highest BCUT2D eigenvalue weighted by atomic mass is 16.4. The fourth-order valence-corrected chi connectivity index (χ4v) is 2.93. The number of amides is 1. The first-order valence-electron chi connectivity index (χ1n) is 8.57. The van der Waals surface area contributed by atoms with E-state index in [0.717, 1.165) is 30.6 Å². The largest absolute Gasteiger partial charge is 0.478 e. The monoisotopic (exact) mass is 341 g/mol. The van der Waals surface area contributed by atoms with Crippen LogP contribution in [0.4, 0.5) is 5.69 Å². The fourth-order valence-electron chi connectivity index (χ4n) is 2.93. The second-order valence-electron chi connectivity index (χ2n) is 7.08. The summed E-state index contributed by atoms with van der Waals surface area (Å²) in [5.41, 5.74) is 3.07. The molecule has 0 spiro atoms. The van der Waals surface area contributed by atoms with Gasteiger partial charge in [0, 0.05) is 18.2 Å². The van der Waals surface area contributed by atoms with Gasteiger partial charge in [-0.25, -0.2) is 4.79 Å². The van der Waals surface area contributed by atoms with Gasteiger partial charge in [-0.2, -0.15) is 5.10 Å². The number of carboxylic acids is 1. The number of carbonyl (C=O) groups excluding carboxylic acids is 1. The molecule has 6 heteroatoms. The molecule has 6 nitrogen and oxygen atoms in total. The van der Waals surface area contributed by atoms with Gasteiger partial charge in [-0.15, -0.1) is 0 Å². The standard InChI is InChI=1S/C19H23N3O3/c1-11(2)10-22-17(13-6-7-13)15(9-20-22)18(23)21-16-8-14(19(24)25)5-4-12(16)3/h4-5,8-9,11,13H,6-7,10H2,1-3H3,(H,21,23)(H,24,25). The van der Waals surface area contributed by atoms with Crippen molar-refractivity contribution < 1.29 is 14.7 Å². The van der Waals surface area contributed by atoms with Crippen LogP contribution in [-0.4, -0.2) is 26.8 Å². The number of nitrogens with one attached hydrogen (secondary N) is 1. The molecule has 0 atom stereocenters. The van der Waals surface area contributed by atoms with E-state index < -0.39 is 5.97 Å². The Morgan fingerprint density at radius 2 is 2.08 bits per heavy atom. The highest BCUT2D eigenvalue weighted by Crippen LogP contribution is 2.42. The molecule has 1 heterocycles. The van der Waals surface area contributed by atoms with Crippen molar-refractivity contribution in [3.8, 4) is 0 Å². The van der Waals surface area contributed by atoms with Crippen LogP contribution in [0.3, 0.4) is 0 Å². The van der Waals surface area contributed by atoms with Crippen molar-refractivity contribution in [2.24, 2.45) is 5.92 Å². The van der Waals surface area contributed by atoms with Gasteiger partial charge in [0.25, 0.3) is 5.91 Å². The molecule has 1 amide bonds. The summed E-state index contributed by atoms with van der Waals surface area (Å²) in [5, 5.41) is 16.4. The van der Waals surface area contributed by atoms with Gasteiger partial charge < -0.3 is 10.4 Å². The zero-order chi connectivity index (χ0) is 18.1. The molecule has 1 saturated carbocycles. The molecular weight excluding hydrogens is 318 g/mol. The highest BCUT2D eigenvalue weighted by molar-refractivity contribution is 6.06. The van der Waals surface area contributed by atoms with Gasteiger partial charge in [0.05, 0.1) is 23.0 Å². The minimum atomic E-state index is -1.01. The van der Waals surface area contributed by atoms with E-state index >= 15 is 0 Å². The first kappa shape index (κ1) is 17.2. The molecule has 132 valence electrons. The SMILES string of the molecule is Cc1ccc(C(=O)O)cc1NC(=O)c1cnn(CC(C)C)c1C1CC1. The molecule has 25 heavy (non-hydrogen) atoms. The number of hydrogen-bond donors (Lipinski definition) is 2. The maximum absolute atomic E-state index is 12.8. The highest BCUT2D eigenvalue weighted by Gasteiger charge is 2.32. The van der Waals surface area contributed by atoms with Gasteiger partial charge in [0.2, 0.25) is 0 Å². The Morgan fingerprint density at radius 3 is 2.68 bits per heavy atom. The van der Waals surface area contributed by atoms with Crippen molar-refractivity contribution in [2.75, 3.05) is 5.32 Å². The molecule has 1 fully saturated rings. The molecule has 2 N–H and O–H groups in total. The summed E-state index contributed by atoms with van der Waals surface area (Å²) < 4.78 is 1.94. The van der Waals surface area contributed by atoms with Gasteiger partial charge in [-0.1, -0.05) is 19.9 Å². The van der Waals surface area contributed by atoms with E-state index in [-0.39, 0.29) is 11.5 Å². The first-order valence-corrected chi connectivity index (χ1v) is 8.57. The second-order valence-corrected chi connectivity index (χ2v) is 7.08. The number of aryl methyl sites for hydroxylation is 1. The van der Waals surface area contributed by atoms with E-state index in [9.17, 15) is 9.59 Å². The van der Waals surface area contributed by atoms with Crippen molar-refractivity contribution in [3.05, 3.63) is 46.8 Å². The third kappa shape index (κ3) is 3.73. The van der Waals surface area contributed by atoms with Gasteiger partial charge in [-0.3, -0.25) is 9.48 Å². The summed E-state index contributed by atoms with van der Waals surface area (Å²) in [7, 11) is 0. The summed E-state index contributed by atoms with van der Waals surface area (Å²) in [6.07, 6.45) is 3.79. The molecule has 2 aromatic rings. The smallest absolute Gasteiger partial charge is 0.335 e. The Morgan fingerprint density at radius 1 is 1.36 bits per heavy atom. The number of aromatic nitrogens is 2. The molecule has 0 saturated heterocycles. The van der Waals surface area contributed by atoms with E-state index in [1.165, 1.54) is 12.1 Å². The maximum Gasteiger partial charge on any atom is 0.335 e. The number of anilines is 1. The Kier molecular flexibility index (Phi) is 4.61. The predicted octanol–water partition coefficient (Wildman–Crippen LogP) is 3.68. The number of carboxylic acid groups (broad SMARTS) is 1. The second kappa shape index (κ2) is 6.70. The summed E-state index contributed by atoms with van der Waals surface area (Å²) in [4.78, 5) is 23.9. The van der Waals surface area contributed by atoms with E-state index in [4.69, 9.17) is 5.11 Å². The van der Waals surface area contributed by atoms with Crippen molar-refractivity contribution in [1.82, 2.24) is 9.78 Å². The van der Waals surface area contributed by atoms with Gasteiger partial charge in [-0.05, 0) is 43.4 Å². The number of carbonyl (C=O) groups is 2. The maximum atomic E-state index is 12.8. The number of rotatable bonds is 6. The van der Waals surface area contributed by atoms with E-state index in [1.54, 1.807) is 12.3 Å². The Balaban J connectivity index is 1.88. The lowest BCUT2D eigenvalue weighted by molar-refractivity contribution is 0.0696. The van der Waals surface area contributed by atoms with E-state index in [0.29, 0.717) is 23.1 Å². The van der Waals surface area contributed by atoms with Crippen molar-refractivity contribution in [2.45, 2.75) is 46.1 Å². The van der Waals surface area contributed by atoms with Crippen LogP contribution >= 0.6 is 0 Å². The zero-order valence-corrected chi connectivity index (χ0v) is 14.7. The summed E-state index contributed by atoms with van der Waals surface area (Å²) in [6, 6.07) is 4.72.